The Bertz CT molecular complexity index is 951. The van der Waals surface area contributed by atoms with E-state index in [9.17, 15) is 13.7 Å². The summed E-state index contributed by atoms with van der Waals surface area (Å²) in [5, 5.41) is 11.4. The molecule has 23 heavy (non-hydrogen) atoms. The highest BCUT2D eigenvalue weighted by Gasteiger charge is 2.16. The molecule has 6 nitrogen and oxygen atoms in total. The maximum Gasteiger partial charge on any atom is 0.397 e. The van der Waals surface area contributed by atoms with Crippen LogP contribution in [0.3, 0.4) is 0 Å². The van der Waals surface area contributed by atoms with E-state index in [4.69, 9.17) is 4.55 Å². The molecular weight excluding hydrogens is 316 g/mol. The van der Waals surface area contributed by atoms with Crippen molar-refractivity contribution in [2.45, 2.75) is 0 Å². The molecular formula is C16H15N2O4S+. The fourth-order valence-electron chi connectivity index (χ4n) is 2.35. The van der Waals surface area contributed by atoms with Crippen molar-refractivity contribution in [2.75, 3.05) is 7.11 Å². The lowest BCUT2D eigenvalue weighted by Crippen LogP contribution is -2.30. The number of hydrogen-bond donors (Lipinski definition) is 1. The van der Waals surface area contributed by atoms with Crippen LogP contribution < -0.4 is 4.57 Å². The Morgan fingerprint density at radius 1 is 1.04 bits per heavy atom. The molecule has 2 aromatic carbocycles. The van der Waals surface area contributed by atoms with E-state index in [-0.39, 0.29) is 0 Å². The van der Waals surface area contributed by atoms with Gasteiger partial charge in [0.25, 0.3) is 0 Å². The molecule has 0 bridgehead atoms. The van der Waals surface area contributed by atoms with Gasteiger partial charge in [0.05, 0.1) is 23.4 Å². The third-order valence-electron chi connectivity index (χ3n) is 3.39. The number of aryl methyl sites for hydroxylation is 1. The largest absolute Gasteiger partial charge is 0.397 e. The number of hydrogen-bond acceptors (Lipinski definition) is 4. The summed E-state index contributed by atoms with van der Waals surface area (Å²) in [7, 11) is -1.26. The number of benzene rings is 2. The summed E-state index contributed by atoms with van der Waals surface area (Å²) < 4.78 is 31.8. The van der Waals surface area contributed by atoms with E-state index in [1.165, 1.54) is 0 Å². The topological polar surface area (TPSA) is 91.3 Å². The van der Waals surface area contributed by atoms with E-state index < -0.39 is 10.4 Å². The average Bonchev–Trinajstić information content (AvgIpc) is 2.55. The second-order valence-corrected chi connectivity index (χ2v) is 5.86. The second-order valence-electron chi connectivity index (χ2n) is 4.67. The predicted octanol–water partition coefficient (Wildman–Crippen LogP) is 2.12. The molecule has 0 atom stereocenters. The van der Waals surface area contributed by atoms with Gasteiger partial charge in [-0.15, -0.1) is 0 Å². The SMILES string of the molecule is COS(=O)(=O)O.C[n+]1c2ccccc2c(C#N)c2ccccc21. The maximum atomic E-state index is 9.37. The molecule has 0 aliphatic carbocycles. The van der Waals surface area contributed by atoms with Crippen molar-refractivity contribution >= 4 is 32.2 Å². The zero-order valence-electron chi connectivity index (χ0n) is 12.6. The number of nitriles is 1. The molecule has 3 rings (SSSR count). The highest BCUT2D eigenvalue weighted by atomic mass is 32.3. The standard InChI is InChI=1S/C15H11N2.CH4O4S/c1-17-14-8-4-2-6-11(14)13(10-16)12-7-3-5-9-15(12)17;1-5-6(2,3)4/h2-9H,1H3;1H3,(H,2,3,4)/q+1;. The van der Waals surface area contributed by atoms with Crippen LogP contribution in [0.5, 0.6) is 0 Å². The lowest BCUT2D eigenvalue weighted by atomic mass is 10.0. The molecule has 0 saturated carbocycles. The second kappa shape index (κ2) is 6.71. The summed E-state index contributed by atoms with van der Waals surface area (Å²) in [5.41, 5.74) is 2.93. The van der Waals surface area contributed by atoms with E-state index in [1.54, 1.807) is 0 Å². The zero-order valence-corrected chi connectivity index (χ0v) is 13.4. The van der Waals surface area contributed by atoms with Crippen molar-refractivity contribution in [3.63, 3.8) is 0 Å². The summed E-state index contributed by atoms with van der Waals surface area (Å²) in [6.45, 7) is 0. The van der Waals surface area contributed by atoms with Crippen LogP contribution >= 0.6 is 0 Å². The predicted molar refractivity (Wildman–Crippen MR) is 85.9 cm³/mol. The quantitative estimate of drug-likeness (QED) is 0.419. The van der Waals surface area contributed by atoms with Gasteiger partial charge in [-0.2, -0.15) is 18.2 Å². The van der Waals surface area contributed by atoms with Crippen LogP contribution in [0.4, 0.5) is 0 Å². The van der Waals surface area contributed by atoms with Crippen molar-refractivity contribution in [2.24, 2.45) is 7.05 Å². The molecule has 0 aliphatic rings. The Morgan fingerprint density at radius 2 is 1.43 bits per heavy atom. The fraction of sp³-hybridized carbons (Fsp3) is 0.125. The van der Waals surface area contributed by atoms with Crippen LogP contribution in [-0.2, 0) is 21.6 Å². The first kappa shape index (κ1) is 16.8. The Kier molecular flexibility index (Phi) is 4.91. The van der Waals surface area contributed by atoms with Gasteiger partial charge in [-0.1, -0.05) is 24.3 Å². The minimum Gasteiger partial charge on any atom is -0.264 e. The van der Waals surface area contributed by atoms with Crippen LogP contribution in [0.1, 0.15) is 5.56 Å². The molecule has 0 aliphatic heterocycles. The van der Waals surface area contributed by atoms with Gasteiger partial charge in [-0.3, -0.25) is 8.74 Å². The number of nitrogens with zero attached hydrogens (tertiary/aromatic N) is 2. The van der Waals surface area contributed by atoms with Gasteiger partial charge in [0, 0.05) is 12.1 Å². The van der Waals surface area contributed by atoms with Crippen molar-refractivity contribution in [1.82, 2.24) is 0 Å². The Hall–Kier alpha value is -2.53. The highest BCUT2D eigenvalue weighted by Crippen LogP contribution is 2.23. The van der Waals surface area contributed by atoms with E-state index in [0.717, 1.165) is 34.5 Å². The van der Waals surface area contributed by atoms with Crippen molar-refractivity contribution in [3.05, 3.63) is 54.1 Å². The molecule has 1 heterocycles. The molecule has 0 saturated heterocycles. The molecule has 1 aromatic heterocycles. The first-order chi connectivity index (χ1) is 10.9. The molecule has 3 aromatic rings. The van der Waals surface area contributed by atoms with Gasteiger partial charge in [0.15, 0.2) is 0 Å². The molecule has 7 heteroatoms. The molecule has 1 N–H and O–H groups in total. The lowest BCUT2D eigenvalue weighted by molar-refractivity contribution is -0.617. The van der Waals surface area contributed by atoms with Crippen molar-refractivity contribution in [1.29, 1.82) is 5.26 Å². The summed E-state index contributed by atoms with van der Waals surface area (Å²) in [5.74, 6) is 0. The first-order valence-electron chi connectivity index (χ1n) is 6.61. The summed E-state index contributed by atoms with van der Waals surface area (Å²) >= 11 is 0. The molecule has 0 spiro atoms. The van der Waals surface area contributed by atoms with Crippen LogP contribution in [0.2, 0.25) is 0 Å². The van der Waals surface area contributed by atoms with Crippen LogP contribution in [-0.4, -0.2) is 20.1 Å². The van der Waals surface area contributed by atoms with E-state index in [0.29, 0.717) is 0 Å². The van der Waals surface area contributed by atoms with Crippen LogP contribution in [0, 0.1) is 11.3 Å². The van der Waals surface area contributed by atoms with Gasteiger partial charge in [-0.05, 0) is 12.1 Å². The van der Waals surface area contributed by atoms with E-state index >= 15 is 0 Å². The molecule has 0 fully saturated rings. The molecule has 0 unspecified atom stereocenters. The first-order valence-corrected chi connectivity index (χ1v) is 7.98. The highest BCUT2D eigenvalue weighted by molar-refractivity contribution is 7.80. The summed E-state index contributed by atoms with van der Waals surface area (Å²) in [4.78, 5) is 0. The van der Waals surface area contributed by atoms with E-state index in [1.807, 2.05) is 55.6 Å². The zero-order chi connectivity index (χ0) is 17.0. The minimum absolute atomic E-state index is 0.759. The third kappa shape index (κ3) is 3.63. The van der Waals surface area contributed by atoms with Crippen molar-refractivity contribution in [3.8, 4) is 6.07 Å². The van der Waals surface area contributed by atoms with Gasteiger partial charge in [0.2, 0.25) is 11.0 Å². The Labute approximate surface area is 134 Å². The number of rotatable bonds is 1. The maximum absolute atomic E-state index is 9.37. The summed E-state index contributed by atoms with van der Waals surface area (Å²) in [6.07, 6.45) is 0. The third-order valence-corrected chi connectivity index (χ3v) is 3.81. The Morgan fingerprint density at radius 3 is 1.78 bits per heavy atom. The fourth-order valence-corrected chi connectivity index (χ4v) is 2.35. The van der Waals surface area contributed by atoms with E-state index in [2.05, 4.69) is 14.8 Å². The molecule has 0 amide bonds. The number of aromatic nitrogens is 1. The van der Waals surface area contributed by atoms with Gasteiger partial charge < -0.3 is 0 Å². The van der Waals surface area contributed by atoms with Crippen LogP contribution in [0.25, 0.3) is 21.8 Å². The Balaban J connectivity index is 0.000000277. The lowest BCUT2D eigenvalue weighted by Gasteiger charge is -2.04. The van der Waals surface area contributed by atoms with Crippen molar-refractivity contribution < 1.29 is 21.7 Å². The summed E-state index contributed by atoms with van der Waals surface area (Å²) in [6, 6.07) is 18.4. The van der Waals surface area contributed by atoms with Gasteiger partial charge in [-0.25, -0.2) is 0 Å². The minimum atomic E-state index is -4.16. The normalized spacial score (nSPS) is 10.9. The van der Waals surface area contributed by atoms with Gasteiger partial charge in [0.1, 0.15) is 13.1 Å². The smallest absolute Gasteiger partial charge is 0.264 e. The number of pyridine rings is 1. The average molecular weight is 331 g/mol. The van der Waals surface area contributed by atoms with Gasteiger partial charge >= 0.3 is 10.4 Å². The van der Waals surface area contributed by atoms with Crippen LogP contribution in [0.15, 0.2) is 48.5 Å². The number of para-hydroxylation sites is 2. The monoisotopic (exact) mass is 331 g/mol. The molecule has 0 radical (unpaired) electrons. The molecule has 118 valence electrons. The number of fused-ring (bicyclic) bond motifs is 2.